The maximum Gasteiger partial charge on any atom is 0.319 e. The van der Waals surface area contributed by atoms with Crippen molar-refractivity contribution >= 4 is 5.97 Å². The number of nitrogens with one attached hydrogen (secondary N) is 1. The van der Waals surface area contributed by atoms with Crippen LogP contribution in [0.1, 0.15) is 85.0 Å². The molecule has 0 radical (unpaired) electrons. The molecule has 3 saturated carbocycles. The van der Waals surface area contributed by atoms with Gasteiger partial charge in [-0.2, -0.15) is 0 Å². The molecule has 2 aliphatic heterocycles. The van der Waals surface area contributed by atoms with Gasteiger partial charge in [0.25, 0.3) is 0 Å². The number of rotatable bonds is 2. The molecule has 0 aromatic carbocycles. The zero-order chi connectivity index (χ0) is 23.2. The van der Waals surface area contributed by atoms with Crippen LogP contribution in [0.25, 0.3) is 0 Å². The van der Waals surface area contributed by atoms with E-state index in [-0.39, 0.29) is 18.6 Å². The van der Waals surface area contributed by atoms with E-state index in [1.807, 2.05) is 0 Å². The molecule has 0 aromatic heterocycles. The van der Waals surface area contributed by atoms with Gasteiger partial charge in [0.1, 0.15) is 6.10 Å². The van der Waals surface area contributed by atoms with Crippen LogP contribution in [0.2, 0.25) is 0 Å². The van der Waals surface area contributed by atoms with Gasteiger partial charge in [-0.25, -0.2) is 0 Å². The van der Waals surface area contributed by atoms with E-state index in [0.717, 1.165) is 43.7 Å². The summed E-state index contributed by atoms with van der Waals surface area (Å²) in [5.41, 5.74) is 9.15. The minimum atomic E-state index is -0.242. The Morgan fingerprint density at radius 3 is 2.88 bits per heavy atom. The summed E-state index contributed by atoms with van der Waals surface area (Å²) < 4.78 is 12.3. The van der Waals surface area contributed by atoms with Gasteiger partial charge in [-0.15, -0.1) is 0 Å². The Kier molecular flexibility index (Phi) is 6.94. The highest BCUT2D eigenvalue weighted by atomic mass is 16.5. The molecule has 4 fully saturated rings. The summed E-state index contributed by atoms with van der Waals surface area (Å²) in [6.45, 7) is 9.23. The molecule has 3 N–H and O–H groups in total. The second-order valence-corrected chi connectivity index (χ2v) is 12.4. The van der Waals surface area contributed by atoms with Crippen molar-refractivity contribution in [3.05, 3.63) is 11.1 Å². The molecule has 0 bridgehead atoms. The van der Waals surface area contributed by atoms with Crippen molar-refractivity contribution in [2.75, 3.05) is 19.7 Å². The molecule has 9 atom stereocenters. The lowest BCUT2D eigenvalue weighted by Gasteiger charge is -2.53. The fourth-order valence-electron chi connectivity index (χ4n) is 8.62. The van der Waals surface area contributed by atoms with Gasteiger partial charge in [0.15, 0.2) is 0 Å². The summed E-state index contributed by atoms with van der Waals surface area (Å²) >= 11 is 0. The first-order chi connectivity index (χ1) is 15.9. The van der Waals surface area contributed by atoms with Crippen molar-refractivity contribution in [1.29, 1.82) is 0 Å². The van der Waals surface area contributed by atoms with Crippen LogP contribution in [0.5, 0.6) is 0 Å². The summed E-state index contributed by atoms with van der Waals surface area (Å²) in [5, 5.41) is 3.80. The van der Waals surface area contributed by atoms with Gasteiger partial charge in [-0.05, 0) is 112 Å². The van der Waals surface area contributed by atoms with Crippen molar-refractivity contribution in [3.63, 3.8) is 0 Å². The average Bonchev–Trinajstić information content (AvgIpc) is 3.18. The SMILES string of the molecule is C/C1=C2\C[C@H]3[C@@H](CC[C@@H]4C[C@H](OC(=O)CN)CC[C@@]43C)[C@@H]2CCC[C@@H]2NC[C@@H](C)C[C@H]2OC1. The molecule has 3 aliphatic carbocycles. The second-order valence-electron chi connectivity index (χ2n) is 12.4. The summed E-state index contributed by atoms with van der Waals surface area (Å²) in [4.78, 5) is 11.8. The number of esters is 1. The number of hydrogen-bond acceptors (Lipinski definition) is 5. The van der Waals surface area contributed by atoms with E-state index in [2.05, 4.69) is 26.1 Å². The first kappa shape index (κ1) is 23.8. The van der Waals surface area contributed by atoms with E-state index >= 15 is 0 Å². The van der Waals surface area contributed by atoms with Gasteiger partial charge in [-0.3, -0.25) is 4.79 Å². The third-order valence-electron chi connectivity index (χ3n) is 10.5. The number of piperidine rings is 1. The normalized spacial score (nSPS) is 48.1. The number of nitrogens with two attached hydrogens (primary N) is 1. The summed E-state index contributed by atoms with van der Waals surface area (Å²) in [6.07, 6.45) is 12.7. The van der Waals surface area contributed by atoms with E-state index in [1.54, 1.807) is 5.57 Å². The average molecular weight is 459 g/mol. The summed E-state index contributed by atoms with van der Waals surface area (Å²) in [5.74, 6) is 3.49. The predicted octanol–water partition coefficient (Wildman–Crippen LogP) is 4.59. The van der Waals surface area contributed by atoms with E-state index in [0.29, 0.717) is 29.4 Å². The zero-order valence-corrected chi connectivity index (χ0v) is 21.1. The fraction of sp³-hybridized carbons (Fsp3) is 0.893. The Morgan fingerprint density at radius 1 is 1.21 bits per heavy atom. The molecule has 5 nitrogen and oxygen atoms in total. The topological polar surface area (TPSA) is 73.6 Å². The van der Waals surface area contributed by atoms with Crippen LogP contribution in [0.4, 0.5) is 0 Å². The molecule has 5 aliphatic rings. The van der Waals surface area contributed by atoms with Gasteiger partial charge in [0, 0.05) is 6.04 Å². The van der Waals surface area contributed by atoms with Gasteiger partial charge in [0.2, 0.25) is 0 Å². The smallest absolute Gasteiger partial charge is 0.319 e. The van der Waals surface area contributed by atoms with E-state index < -0.39 is 0 Å². The largest absolute Gasteiger partial charge is 0.461 e. The molecule has 2 heterocycles. The number of hydrogen-bond donors (Lipinski definition) is 2. The van der Waals surface area contributed by atoms with Crippen LogP contribution >= 0.6 is 0 Å². The molecule has 5 rings (SSSR count). The Hall–Kier alpha value is -0.910. The molecule has 33 heavy (non-hydrogen) atoms. The lowest BCUT2D eigenvalue weighted by Crippen LogP contribution is -2.49. The highest BCUT2D eigenvalue weighted by Crippen LogP contribution is 2.63. The van der Waals surface area contributed by atoms with E-state index in [9.17, 15) is 4.79 Å². The number of carbonyl (C=O) groups is 1. The van der Waals surface area contributed by atoms with Crippen LogP contribution in [0.3, 0.4) is 0 Å². The van der Waals surface area contributed by atoms with Crippen LogP contribution in [-0.2, 0) is 14.3 Å². The monoisotopic (exact) mass is 458 g/mol. The van der Waals surface area contributed by atoms with Crippen LogP contribution in [0, 0.1) is 35.0 Å². The molecule has 0 spiro atoms. The summed E-state index contributed by atoms with van der Waals surface area (Å²) in [6, 6.07) is 0.535. The number of ether oxygens (including phenoxy) is 2. The van der Waals surface area contributed by atoms with Crippen LogP contribution in [0.15, 0.2) is 11.1 Å². The molecular formula is C28H46N2O3. The standard InChI is InChI=1S/C28H46N2O3/c1-17-11-26-25(30-15-17)6-4-5-21-22-8-7-19-12-20(33-27(31)14-29)9-10-28(19,3)24(22)13-23(21)18(2)16-32-26/h17,19-22,24-26,30H,4-16,29H2,1-3H3/b23-18-/t17-,19+,20+,21-,22-,24-,25-,26+,28-/m0/s1. The first-order valence-electron chi connectivity index (χ1n) is 13.8. The molecule has 5 heteroatoms. The third-order valence-corrected chi connectivity index (χ3v) is 10.5. The Labute approximate surface area is 200 Å². The van der Waals surface area contributed by atoms with Crippen LogP contribution in [-0.4, -0.2) is 43.9 Å². The Bertz CT molecular complexity index is 766. The Balaban J connectivity index is 1.33. The number of fused-ring (bicyclic) bond motifs is 6. The van der Waals surface area contributed by atoms with Crippen LogP contribution < -0.4 is 11.1 Å². The maximum absolute atomic E-state index is 11.8. The quantitative estimate of drug-likeness (QED) is 0.468. The van der Waals surface area contributed by atoms with Gasteiger partial charge < -0.3 is 20.5 Å². The van der Waals surface area contributed by atoms with Crippen molar-refractivity contribution in [2.45, 2.75) is 103 Å². The lowest BCUT2D eigenvalue weighted by atomic mass is 9.52. The Morgan fingerprint density at radius 2 is 2.06 bits per heavy atom. The maximum atomic E-state index is 11.8. The second kappa shape index (κ2) is 9.62. The first-order valence-corrected chi connectivity index (χ1v) is 13.8. The van der Waals surface area contributed by atoms with Crippen molar-refractivity contribution in [2.24, 2.45) is 40.7 Å². The van der Waals surface area contributed by atoms with Crippen molar-refractivity contribution in [1.82, 2.24) is 5.32 Å². The van der Waals surface area contributed by atoms with Crippen molar-refractivity contribution < 1.29 is 14.3 Å². The minimum Gasteiger partial charge on any atom is -0.461 e. The zero-order valence-electron chi connectivity index (χ0n) is 21.1. The van der Waals surface area contributed by atoms with Crippen molar-refractivity contribution in [3.8, 4) is 0 Å². The highest BCUT2D eigenvalue weighted by molar-refractivity contribution is 5.71. The third kappa shape index (κ3) is 4.54. The number of carbonyl (C=O) groups excluding carboxylic acids is 1. The molecule has 0 amide bonds. The van der Waals surface area contributed by atoms with Gasteiger partial charge >= 0.3 is 5.97 Å². The summed E-state index contributed by atoms with van der Waals surface area (Å²) in [7, 11) is 0. The number of allylic oxidation sites excluding steroid dienone is 1. The van der Waals surface area contributed by atoms with E-state index in [4.69, 9.17) is 15.2 Å². The molecule has 1 saturated heterocycles. The molecule has 186 valence electrons. The predicted molar refractivity (Wildman–Crippen MR) is 131 cm³/mol. The minimum absolute atomic E-state index is 0.00351. The molecular weight excluding hydrogens is 412 g/mol. The molecule has 0 aromatic rings. The lowest BCUT2D eigenvalue weighted by molar-refractivity contribution is -0.155. The molecule has 0 unspecified atom stereocenters. The van der Waals surface area contributed by atoms with E-state index in [1.165, 1.54) is 56.9 Å². The fourth-order valence-corrected chi connectivity index (χ4v) is 8.62. The van der Waals surface area contributed by atoms with Gasteiger partial charge in [0.05, 0.1) is 19.3 Å². The highest BCUT2D eigenvalue weighted by Gasteiger charge is 2.56. The van der Waals surface area contributed by atoms with Gasteiger partial charge in [-0.1, -0.05) is 25.8 Å².